The molecule has 1 amide bonds. The Balaban J connectivity index is 1.61. The molecule has 2 aromatic carbocycles. The predicted octanol–water partition coefficient (Wildman–Crippen LogP) is 6.61. The zero-order valence-corrected chi connectivity index (χ0v) is 19.8. The van der Waals surface area contributed by atoms with Gasteiger partial charge in [0, 0.05) is 17.4 Å². The van der Waals surface area contributed by atoms with Crippen LogP contribution in [-0.2, 0) is 4.79 Å². The summed E-state index contributed by atoms with van der Waals surface area (Å²) in [5.74, 6) is -2.52. The summed E-state index contributed by atoms with van der Waals surface area (Å²) in [7, 11) is 0. The van der Waals surface area contributed by atoms with Crippen molar-refractivity contribution in [3.63, 3.8) is 0 Å². The predicted molar refractivity (Wildman–Crippen MR) is 128 cm³/mol. The second kappa shape index (κ2) is 10.6. The van der Waals surface area contributed by atoms with Gasteiger partial charge in [0.05, 0.1) is 27.8 Å². The number of alkyl halides is 2. The number of amides is 1. The van der Waals surface area contributed by atoms with Gasteiger partial charge in [0.2, 0.25) is 5.91 Å². The largest absolute Gasteiger partial charge is 0.478 e. The molecule has 1 fully saturated rings. The zero-order valence-electron chi connectivity index (χ0n) is 19.1. The van der Waals surface area contributed by atoms with Crippen LogP contribution in [0.1, 0.15) is 41.7 Å². The van der Waals surface area contributed by atoms with Crippen LogP contribution in [0.2, 0.25) is 5.02 Å². The number of hydrogen-bond donors (Lipinski definition) is 2. The Morgan fingerprint density at radius 1 is 1.17 bits per heavy atom. The van der Waals surface area contributed by atoms with Gasteiger partial charge < -0.3 is 15.2 Å². The third kappa shape index (κ3) is 5.79. The maximum atomic E-state index is 14.7. The van der Waals surface area contributed by atoms with Crippen LogP contribution in [-0.4, -0.2) is 28.6 Å². The number of carbonyl (C=O) groups is 2. The Morgan fingerprint density at radius 2 is 1.86 bits per heavy atom. The van der Waals surface area contributed by atoms with Gasteiger partial charge in [0.1, 0.15) is 5.75 Å². The molecular weight excluding hydrogens is 497 g/mol. The van der Waals surface area contributed by atoms with E-state index in [-0.39, 0.29) is 33.4 Å². The van der Waals surface area contributed by atoms with E-state index < -0.39 is 24.3 Å². The summed E-state index contributed by atoms with van der Waals surface area (Å²) in [6.45, 7) is -1.07. The van der Waals surface area contributed by atoms with Gasteiger partial charge in [-0.2, -0.15) is 8.78 Å². The molecule has 188 valence electrons. The van der Waals surface area contributed by atoms with E-state index in [1.54, 1.807) is 6.07 Å². The number of carboxylic acid groups (broad SMARTS) is 1. The normalized spacial score (nSPS) is 17.5. The van der Waals surface area contributed by atoms with E-state index in [1.165, 1.54) is 36.5 Å². The fourth-order valence-electron chi connectivity index (χ4n) is 4.07. The van der Waals surface area contributed by atoms with E-state index in [0.29, 0.717) is 29.6 Å². The van der Waals surface area contributed by atoms with E-state index in [0.717, 1.165) is 18.6 Å². The highest BCUT2D eigenvalue weighted by Crippen LogP contribution is 2.45. The first-order chi connectivity index (χ1) is 17.1. The van der Waals surface area contributed by atoms with Crippen LogP contribution in [0.4, 0.5) is 18.9 Å². The number of anilines is 1. The summed E-state index contributed by atoms with van der Waals surface area (Å²) < 4.78 is 44.9. The number of carboxylic acids is 1. The molecule has 2 N–H and O–H groups in total. The van der Waals surface area contributed by atoms with Crippen molar-refractivity contribution in [2.45, 2.75) is 32.3 Å². The first kappa shape index (κ1) is 25.5. The van der Waals surface area contributed by atoms with Gasteiger partial charge in [-0.05, 0) is 67.1 Å². The number of nitrogens with one attached hydrogen (secondary N) is 1. The highest BCUT2D eigenvalue weighted by Gasteiger charge is 2.37. The Labute approximate surface area is 210 Å². The minimum Gasteiger partial charge on any atom is -0.478 e. The second-order valence-corrected chi connectivity index (χ2v) is 9.13. The van der Waals surface area contributed by atoms with Crippen molar-refractivity contribution in [2.75, 3.05) is 5.32 Å². The standard InChI is InChI=1S/C26H22ClF3N2O4/c1-13-10-16(13)11-18(24(33)32-17-5-2-14(3-6-17)25(34)35)20-8-4-15(12-31-20)22-21(36-26(29)30)9-7-19(27)23(22)28/h2-9,12-13,16,18,26H,10-11H2,1H3,(H,32,33)(H,34,35)/t13?,16?,18-/m0/s1. The number of carbonyl (C=O) groups excluding carboxylic acids is 1. The number of aromatic carboxylic acids is 1. The minimum atomic E-state index is -3.16. The lowest BCUT2D eigenvalue weighted by Crippen LogP contribution is -2.23. The number of halogens is 4. The summed E-state index contributed by atoms with van der Waals surface area (Å²) in [6, 6.07) is 11.1. The second-order valence-electron chi connectivity index (χ2n) is 8.72. The van der Waals surface area contributed by atoms with Gasteiger partial charge in [-0.25, -0.2) is 9.18 Å². The first-order valence-corrected chi connectivity index (χ1v) is 11.5. The number of hydrogen-bond acceptors (Lipinski definition) is 4. The molecule has 0 aliphatic heterocycles. The lowest BCUT2D eigenvalue weighted by atomic mass is 9.94. The summed E-state index contributed by atoms with van der Waals surface area (Å²) >= 11 is 5.85. The number of nitrogens with zero attached hydrogens (tertiary/aromatic N) is 1. The van der Waals surface area contributed by atoms with E-state index >= 15 is 0 Å². The van der Waals surface area contributed by atoms with Gasteiger partial charge in [0.25, 0.3) is 0 Å². The van der Waals surface area contributed by atoms with Crippen molar-refractivity contribution < 1.29 is 32.6 Å². The molecule has 2 unspecified atom stereocenters. The molecule has 0 saturated heterocycles. The molecule has 3 atom stereocenters. The highest BCUT2D eigenvalue weighted by molar-refractivity contribution is 6.31. The van der Waals surface area contributed by atoms with Gasteiger partial charge in [-0.3, -0.25) is 9.78 Å². The average molecular weight is 519 g/mol. The Morgan fingerprint density at radius 3 is 2.42 bits per heavy atom. The van der Waals surface area contributed by atoms with Gasteiger partial charge >= 0.3 is 12.6 Å². The van der Waals surface area contributed by atoms with E-state index in [4.69, 9.17) is 16.7 Å². The Bertz CT molecular complexity index is 1270. The molecule has 6 nitrogen and oxygen atoms in total. The molecule has 3 aromatic rings. The van der Waals surface area contributed by atoms with Crippen molar-refractivity contribution >= 4 is 29.2 Å². The third-order valence-corrected chi connectivity index (χ3v) is 6.53. The van der Waals surface area contributed by atoms with Crippen LogP contribution in [0.5, 0.6) is 5.75 Å². The van der Waals surface area contributed by atoms with Crippen molar-refractivity contribution in [1.29, 1.82) is 0 Å². The third-order valence-electron chi connectivity index (χ3n) is 6.24. The van der Waals surface area contributed by atoms with Crippen LogP contribution < -0.4 is 10.1 Å². The van der Waals surface area contributed by atoms with Crippen molar-refractivity contribution in [2.24, 2.45) is 11.8 Å². The van der Waals surface area contributed by atoms with Crippen LogP contribution in [0, 0.1) is 17.7 Å². The monoisotopic (exact) mass is 518 g/mol. The highest BCUT2D eigenvalue weighted by atomic mass is 35.5. The molecule has 1 aromatic heterocycles. The average Bonchev–Trinajstić information content (AvgIpc) is 3.55. The van der Waals surface area contributed by atoms with Gasteiger partial charge in [0.15, 0.2) is 5.82 Å². The Hall–Kier alpha value is -3.59. The molecule has 4 rings (SSSR count). The Kier molecular flexibility index (Phi) is 7.49. The molecule has 1 aliphatic rings. The van der Waals surface area contributed by atoms with Crippen LogP contribution in [0.3, 0.4) is 0 Å². The topological polar surface area (TPSA) is 88.5 Å². The smallest absolute Gasteiger partial charge is 0.387 e. The van der Waals surface area contributed by atoms with Crippen molar-refractivity contribution in [3.8, 4) is 16.9 Å². The fourth-order valence-corrected chi connectivity index (χ4v) is 4.23. The van der Waals surface area contributed by atoms with Crippen molar-refractivity contribution in [1.82, 2.24) is 4.98 Å². The van der Waals surface area contributed by atoms with Crippen LogP contribution in [0.25, 0.3) is 11.1 Å². The first-order valence-electron chi connectivity index (χ1n) is 11.2. The molecule has 0 spiro atoms. The summed E-state index contributed by atoms with van der Waals surface area (Å²) in [4.78, 5) is 28.6. The maximum Gasteiger partial charge on any atom is 0.387 e. The van der Waals surface area contributed by atoms with Crippen LogP contribution in [0.15, 0.2) is 54.7 Å². The summed E-state index contributed by atoms with van der Waals surface area (Å²) in [5.41, 5.74) is 0.869. The van der Waals surface area contributed by atoms with E-state index in [1.807, 2.05) is 0 Å². The molecule has 10 heteroatoms. The zero-order chi connectivity index (χ0) is 26.0. The number of benzene rings is 2. The maximum absolute atomic E-state index is 14.7. The van der Waals surface area contributed by atoms with Gasteiger partial charge in [-0.15, -0.1) is 0 Å². The molecule has 0 radical (unpaired) electrons. The van der Waals surface area contributed by atoms with Crippen molar-refractivity contribution in [3.05, 3.63) is 76.8 Å². The molecule has 1 saturated carbocycles. The quantitative estimate of drug-likeness (QED) is 0.333. The number of pyridine rings is 1. The van der Waals surface area contributed by atoms with Crippen LogP contribution >= 0.6 is 11.6 Å². The molecule has 36 heavy (non-hydrogen) atoms. The number of rotatable bonds is 9. The van der Waals surface area contributed by atoms with Gasteiger partial charge in [-0.1, -0.05) is 24.6 Å². The van der Waals surface area contributed by atoms with E-state index in [2.05, 4.69) is 22.0 Å². The van der Waals surface area contributed by atoms with E-state index in [9.17, 15) is 22.8 Å². The minimum absolute atomic E-state index is 0.0945. The summed E-state index contributed by atoms with van der Waals surface area (Å²) in [5, 5.41) is 11.6. The SMILES string of the molecule is CC1CC1C[C@H](C(=O)Nc1ccc(C(=O)O)cc1)c1ccc(-c2c(OC(F)F)ccc(Cl)c2F)cn1. The molecular formula is C26H22ClF3N2O4. The number of ether oxygens (including phenoxy) is 1. The molecule has 1 heterocycles. The number of aromatic nitrogens is 1. The summed E-state index contributed by atoms with van der Waals surface area (Å²) in [6.07, 6.45) is 2.82. The fraction of sp³-hybridized carbons (Fsp3) is 0.269. The lowest BCUT2D eigenvalue weighted by Gasteiger charge is -2.18. The molecule has 0 bridgehead atoms. The molecule has 1 aliphatic carbocycles. The lowest BCUT2D eigenvalue weighted by molar-refractivity contribution is -0.117.